The van der Waals surface area contributed by atoms with Gasteiger partial charge in [0.25, 0.3) is 0 Å². The van der Waals surface area contributed by atoms with E-state index in [1.165, 1.54) is 21.6 Å². The quantitative estimate of drug-likeness (QED) is 0.641. The fraction of sp³-hybridized carbons (Fsp3) is 0.0588. The molecule has 0 amide bonds. The molecule has 0 saturated carbocycles. The molecule has 0 unspecified atom stereocenters. The summed E-state index contributed by atoms with van der Waals surface area (Å²) in [7, 11) is 1.73. The van der Waals surface area contributed by atoms with Crippen LogP contribution in [0.25, 0.3) is 21.6 Å². The van der Waals surface area contributed by atoms with Gasteiger partial charge in [-0.25, -0.2) is 0 Å². The van der Waals surface area contributed by atoms with Crippen molar-refractivity contribution in [3.05, 3.63) is 66.0 Å². The zero-order valence-electron chi connectivity index (χ0n) is 10.7. The van der Waals surface area contributed by atoms with Crippen molar-refractivity contribution in [3.8, 4) is 27.3 Å². The van der Waals surface area contributed by atoms with E-state index in [4.69, 9.17) is 4.74 Å². The lowest BCUT2D eigenvalue weighted by atomic mass is 10.0. The van der Waals surface area contributed by atoms with Gasteiger partial charge in [-0.3, -0.25) is 0 Å². The molecular formula is C17H14OS. The molecule has 3 rings (SSSR count). The first kappa shape index (κ1) is 12.0. The van der Waals surface area contributed by atoms with E-state index in [0.29, 0.717) is 0 Å². The Hall–Kier alpha value is -2.06. The molecule has 0 fully saturated rings. The van der Waals surface area contributed by atoms with Crippen molar-refractivity contribution in [3.63, 3.8) is 0 Å². The first-order valence-corrected chi connectivity index (χ1v) is 7.04. The molecule has 0 bridgehead atoms. The number of methoxy groups -OCH3 is 1. The van der Waals surface area contributed by atoms with Crippen LogP contribution in [-0.4, -0.2) is 7.11 Å². The van der Waals surface area contributed by atoms with Crippen molar-refractivity contribution in [2.24, 2.45) is 0 Å². The third kappa shape index (κ3) is 2.27. The molecule has 19 heavy (non-hydrogen) atoms. The van der Waals surface area contributed by atoms with E-state index in [0.717, 1.165) is 5.75 Å². The van der Waals surface area contributed by atoms with Gasteiger partial charge in [0.2, 0.25) is 0 Å². The summed E-state index contributed by atoms with van der Waals surface area (Å²) in [5.41, 5.74) is 3.61. The minimum atomic E-state index is 0.940. The van der Waals surface area contributed by atoms with Crippen LogP contribution < -0.4 is 4.74 Å². The summed E-state index contributed by atoms with van der Waals surface area (Å²) in [5, 5.41) is 2.07. The van der Waals surface area contributed by atoms with Crippen LogP contribution in [0.4, 0.5) is 0 Å². The van der Waals surface area contributed by atoms with Crippen molar-refractivity contribution >= 4 is 11.3 Å². The minimum absolute atomic E-state index is 0.940. The molecule has 1 heterocycles. The van der Waals surface area contributed by atoms with Crippen LogP contribution in [0, 0.1) is 0 Å². The van der Waals surface area contributed by atoms with Gasteiger partial charge in [-0.15, -0.1) is 11.3 Å². The Morgan fingerprint density at radius 2 is 1.37 bits per heavy atom. The predicted octanol–water partition coefficient (Wildman–Crippen LogP) is 5.09. The van der Waals surface area contributed by atoms with Crippen LogP contribution in [0.15, 0.2) is 66.0 Å². The Kier molecular flexibility index (Phi) is 3.34. The molecule has 1 aromatic heterocycles. The van der Waals surface area contributed by atoms with Crippen molar-refractivity contribution in [2.75, 3.05) is 7.11 Å². The summed E-state index contributed by atoms with van der Waals surface area (Å²) < 4.78 is 5.51. The molecule has 94 valence electrons. The largest absolute Gasteiger partial charge is 0.495 e. The second-order valence-electron chi connectivity index (χ2n) is 4.24. The SMILES string of the molecule is COc1csc(-c2ccccc2)c1-c1ccccc1. The molecule has 0 aliphatic heterocycles. The number of rotatable bonds is 3. The molecule has 0 aliphatic carbocycles. The van der Waals surface area contributed by atoms with E-state index in [-0.39, 0.29) is 0 Å². The van der Waals surface area contributed by atoms with E-state index >= 15 is 0 Å². The molecule has 0 saturated heterocycles. The first-order valence-electron chi connectivity index (χ1n) is 6.16. The normalized spacial score (nSPS) is 10.4. The Morgan fingerprint density at radius 1 is 0.789 bits per heavy atom. The maximum atomic E-state index is 5.51. The Morgan fingerprint density at radius 3 is 1.95 bits per heavy atom. The van der Waals surface area contributed by atoms with Gasteiger partial charge >= 0.3 is 0 Å². The van der Waals surface area contributed by atoms with E-state index in [9.17, 15) is 0 Å². The van der Waals surface area contributed by atoms with E-state index in [2.05, 4.69) is 53.9 Å². The standard InChI is InChI=1S/C17H14OS/c1-18-15-12-19-17(14-10-6-3-7-11-14)16(15)13-8-4-2-5-9-13/h2-12H,1H3. The third-order valence-electron chi connectivity index (χ3n) is 3.08. The number of thiophene rings is 1. The molecule has 3 aromatic rings. The van der Waals surface area contributed by atoms with Crippen LogP contribution in [0.2, 0.25) is 0 Å². The Bertz CT molecular complexity index is 656. The van der Waals surface area contributed by atoms with E-state index in [1.807, 2.05) is 12.1 Å². The topological polar surface area (TPSA) is 9.23 Å². The van der Waals surface area contributed by atoms with Gasteiger partial charge in [0.05, 0.1) is 7.11 Å². The molecule has 2 aromatic carbocycles. The van der Waals surface area contributed by atoms with Gasteiger partial charge in [0.15, 0.2) is 0 Å². The summed E-state index contributed by atoms with van der Waals surface area (Å²) in [4.78, 5) is 1.25. The lowest BCUT2D eigenvalue weighted by Gasteiger charge is -2.07. The second-order valence-corrected chi connectivity index (χ2v) is 5.12. The van der Waals surface area contributed by atoms with Crippen molar-refractivity contribution in [2.45, 2.75) is 0 Å². The van der Waals surface area contributed by atoms with Gasteiger partial charge in [0, 0.05) is 15.8 Å². The summed E-state index contributed by atoms with van der Waals surface area (Å²) in [6.07, 6.45) is 0. The fourth-order valence-electron chi connectivity index (χ4n) is 2.17. The Balaban J connectivity index is 2.20. The van der Waals surface area contributed by atoms with Gasteiger partial charge < -0.3 is 4.74 Å². The molecule has 0 radical (unpaired) electrons. The van der Waals surface area contributed by atoms with Gasteiger partial charge in [0.1, 0.15) is 5.75 Å². The molecule has 2 heteroatoms. The number of hydrogen-bond donors (Lipinski definition) is 0. The lowest BCUT2D eigenvalue weighted by Crippen LogP contribution is -1.85. The maximum absolute atomic E-state index is 5.51. The van der Waals surface area contributed by atoms with Crippen LogP contribution >= 0.6 is 11.3 Å². The smallest absolute Gasteiger partial charge is 0.138 e. The van der Waals surface area contributed by atoms with E-state index < -0.39 is 0 Å². The van der Waals surface area contributed by atoms with Crippen LogP contribution in [-0.2, 0) is 0 Å². The number of ether oxygens (including phenoxy) is 1. The van der Waals surface area contributed by atoms with Crippen molar-refractivity contribution < 1.29 is 4.74 Å². The van der Waals surface area contributed by atoms with Crippen LogP contribution in [0.1, 0.15) is 0 Å². The summed E-state index contributed by atoms with van der Waals surface area (Å²) >= 11 is 1.72. The molecule has 0 atom stereocenters. The highest BCUT2D eigenvalue weighted by Gasteiger charge is 2.15. The molecule has 0 aliphatic rings. The summed E-state index contributed by atoms with van der Waals surface area (Å²) in [5.74, 6) is 0.940. The average Bonchev–Trinajstić information content (AvgIpc) is 2.93. The minimum Gasteiger partial charge on any atom is -0.495 e. The van der Waals surface area contributed by atoms with Gasteiger partial charge in [-0.05, 0) is 11.1 Å². The Labute approximate surface area is 117 Å². The maximum Gasteiger partial charge on any atom is 0.138 e. The highest BCUT2D eigenvalue weighted by atomic mass is 32.1. The number of hydrogen-bond acceptors (Lipinski definition) is 2. The lowest BCUT2D eigenvalue weighted by molar-refractivity contribution is 0.418. The third-order valence-corrected chi connectivity index (χ3v) is 4.08. The zero-order valence-corrected chi connectivity index (χ0v) is 11.5. The van der Waals surface area contributed by atoms with Gasteiger partial charge in [-0.1, -0.05) is 60.7 Å². The van der Waals surface area contributed by atoms with Crippen LogP contribution in [0.5, 0.6) is 5.75 Å². The van der Waals surface area contributed by atoms with Crippen molar-refractivity contribution in [1.82, 2.24) is 0 Å². The fourth-order valence-corrected chi connectivity index (χ4v) is 3.22. The predicted molar refractivity (Wildman–Crippen MR) is 81.7 cm³/mol. The molecular weight excluding hydrogens is 252 g/mol. The average molecular weight is 266 g/mol. The highest BCUT2D eigenvalue weighted by Crippen LogP contribution is 2.44. The molecule has 0 N–H and O–H groups in total. The zero-order chi connectivity index (χ0) is 13.1. The molecule has 1 nitrogen and oxygen atoms in total. The van der Waals surface area contributed by atoms with Gasteiger partial charge in [-0.2, -0.15) is 0 Å². The monoisotopic (exact) mass is 266 g/mol. The second kappa shape index (κ2) is 5.29. The molecule has 0 spiro atoms. The number of benzene rings is 2. The van der Waals surface area contributed by atoms with Crippen LogP contribution in [0.3, 0.4) is 0 Å². The van der Waals surface area contributed by atoms with E-state index in [1.54, 1.807) is 18.4 Å². The summed E-state index contributed by atoms with van der Waals surface area (Å²) in [6.45, 7) is 0. The highest BCUT2D eigenvalue weighted by molar-refractivity contribution is 7.14. The van der Waals surface area contributed by atoms with Crippen molar-refractivity contribution in [1.29, 1.82) is 0 Å². The summed E-state index contributed by atoms with van der Waals surface area (Å²) in [6, 6.07) is 20.8. The first-order chi connectivity index (χ1) is 9.40.